The van der Waals surface area contributed by atoms with Gasteiger partial charge >= 0.3 is 0 Å². The topological polar surface area (TPSA) is 41.5 Å². The van der Waals surface area contributed by atoms with Gasteiger partial charge in [0, 0.05) is 12.6 Å². The Morgan fingerprint density at radius 3 is 2.69 bits per heavy atom. The van der Waals surface area contributed by atoms with Gasteiger partial charge in [-0.3, -0.25) is 0 Å². The van der Waals surface area contributed by atoms with Crippen molar-refractivity contribution in [3.8, 4) is 0 Å². The zero-order chi connectivity index (χ0) is 12.0. The molecule has 3 unspecified atom stereocenters. The third-order valence-electron chi connectivity index (χ3n) is 3.34. The molecule has 1 aliphatic heterocycles. The number of hydrogen-bond donors (Lipinski definition) is 2. The molecule has 1 heterocycles. The minimum atomic E-state index is -0.178. The average Bonchev–Trinajstić information content (AvgIpc) is 2.70. The minimum absolute atomic E-state index is 0.178. The van der Waals surface area contributed by atoms with E-state index in [2.05, 4.69) is 26.1 Å². The van der Waals surface area contributed by atoms with Crippen LogP contribution >= 0.6 is 0 Å². The molecular formula is C13H27NO2. The van der Waals surface area contributed by atoms with Crippen molar-refractivity contribution in [2.24, 2.45) is 5.92 Å². The van der Waals surface area contributed by atoms with Gasteiger partial charge in [0.05, 0.1) is 12.2 Å². The second kappa shape index (κ2) is 7.25. The summed E-state index contributed by atoms with van der Waals surface area (Å²) in [6.07, 6.45) is 4.63. The van der Waals surface area contributed by atoms with Crippen LogP contribution in [-0.4, -0.2) is 36.5 Å². The fourth-order valence-electron chi connectivity index (χ4n) is 2.12. The Labute approximate surface area is 99.6 Å². The molecule has 1 aliphatic rings. The molecule has 0 bridgehead atoms. The number of nitrogens with one attached hydrogen (secondary N) is 1. The number of hydrogen-bond acceptors (Lipinski definition) is 3. The zero-order valence-electron chi connectivity index (χ0n) is 10.9. The lowest BCUT2D eigenvalue weighted by Gasteiger charge is -2.19. The first-order valence-corrected chi connectivity index (χ1v) is 6.62. The molecule has 0 aromatic rings. The molecule has 2 N–H and O–H groups in total. The molecule has 96 valence electrons. The predicted molar refractivity (Wildman–Crippen MR) is 66.5 cm³/mol. The smallest absolute Gasteiger partial charge is 0.0590 e. The first-order valence-electron chi connectivity index (χ1n) is 6.62. The number of rotatable bonds is 7. The molecule has 1 saturated heterocycles. The van der Waals surface area contributed by atoms with Gasteiger partial charge in [-0.05, 0) is 45.1 Å². The van der Waals surface area contributed by atoms with Gasteiger partial charge in [-0.25, -0.2) is 0 Å². The van der Waals surface area contributed by atoms with Crippen LogP contribution in [0.25, 0.3) is 0 Å². The van der Waals surface area contributed by atoms with Gasteiger partial charge in [-0.2, -0.15) is 0 Å². The van der Waals surface area contributed by atoms with Crippen LogP contribution in [0.4, 0.5) is 0 Å². The van der Waals surface area contributed by atoms with Crippen molar-refractivity contribution in [1.29, 1.82) is 0 Å². The monoisotopic (exact) mass is 229 g/mol. The normalized spacial score (nSPS) is 24.9. The Hall–Kier alpha value is -0.120. The second-order valence-electron chi connectivity index (χ2n) is 5.33. The zero-order valence-corrected chi connectivity index (χ0v) is 10.9. The van der Waals surface area contributed by atoms with Gasteiger partial charge < -0.3 is 15.2 Å². The summed E-state index contributed by atoms with van der Waals surface area (Å²) in [5.74, 6) is 0.357. The van der Waals surface area contributed by atoms with E-state index in [0.717, 1.165) is 26.0 Å². The summed E-state index contributed by atoms with van der Waals surface area (Å²) < 4.78 is 5.60. The first-order chi connectivity index (χ1) is 7.59. The van der Waals surface area contributed by atoms with Crippen molar-refractivity contribution in [2.75, 3.05) is 13.2 Å². The van der Waals surface area contributed by atoms with E-state index in [1.54, 1.807) is 0 Å². The highest BCUT2D eigenvalue weighted by Crippen LogP contribution is 2.16. The van der Waals surface area contributed by atoms with E-state index in [1.807, 2.05) is 0 Å². The highest BCUT2D eigenvalue weighted by Gasteiger charge is 2.18. The number of aliphatic hydroxyl groups excluding tert-OH is 1. The van der Waals surface area contributed by atoms with Gasteiger partial charge in [0.25, 0.3) is 0 Å². The SMILES string of the molecule is CC(CC1CCCO1)NCCC(O)C(C)C. The summed E-state index contributed by atoms with van der Waals surface area (Å²) in [5.41, 5.74) is 0. The van der Waals surface area contributed by atoms with Gasteiger partial charge in [0.1, 0.15) is 0 Å². The lowest BCUT2D eigenvalue weighted by molar-refractivity contribution is 0.0932. The van der Waals surface area contributed by atoms with Crippen LogP contribution in [0.5, 0.6) is 0 Å². The van der Waals surface area contributed by atoms with Gasteiger partial charge in [-0.1, -0.05) is 13.8 Å². The van der Waals surface area contributed by atoms with Gasteiger partial charge in [0.15, 0.2) is 0 Å². The van der Waals surface area contributed by atoms with Crippen LogP contribution in [-0.2, 0) is 4.74 Å². The van der Waals surface area contributed by atoms with E-state index in [9.17, 15) is 5.11 Å². The maximum Gasteiger partial charge on any atom is 0.0590 e. The Kier molecular flexibility index (Phi) is 6.32. The number of ether oxygens (including phenoxy) is 1. The van der Waals surface area contributed by atoms with Crippen LogP contribution in [0, 0.1) is 5.92 Å². The van der Waals surface area contributed by atoms with E-state index in [-0.39, 0.29) is 6.10 Å². The molecule has 0 aromatic carbocycles. The largest absolute Gasteiger partial charge is 0.393 e. The van der Waals surface area contributed by atoms with Gasteiger partial charge in [0.2, 0.25) is 0 Å². The van der Waals surface area contributed by atoms with E-state index >= 15 is 0 Å². The number of aliphatic hydroxyl groups is 1. The Balaban J connectivity index is 2.03. The highest BCUT2D eigenvalue weighted by atomic mass is 16.5. The Morgan fingerprint density at radius 1 is 1.38 bits per heavy atom. The predicted octanol–water partition coefficient (Wildman–Crippen LogP) is 1.94. The highest BCUT2D eigenvalue weighted by molar-refractivity contribution is 4.72. The second-order valence-corrected chi connectivity index (χ2v) is 5.33. The van der Waals surface area contributed by atoms with E-state index in [0.29, 0.717) is 18.1 Å². The van der Waals surface area contributed by atoms with Crippen LogP contribution in [0.2, 0.25) is 0 Å². The summed E-state index contributed by atoms with van der Waals surface area (Å²) >= 11 is 0. The van der Waals surface area contributed by atoms with Crippen molar-refractivity contribution >= 4 is 0 Å². The molecule has 0 aliphatic carbocycles. The summed E-state index contributed by atoms with van der Waals surface area (Å²) in [5, 5.41) is 13.1. The maximum atomic E-state index is 9.66. The van der Waals surface area contributed by atoms with Crippen molar-refractivity contribution in [1.82, 2.24) is 5.32 Å². The van der Waals surface area contributed by atoms with Crippen LogP contribution in [0.1, 0.15) is 46.5 Å². The fraction of sp³-hybridized carbons (Fsp3) is 1.00. The minimum Gasteiger partial charge on any atom is -0.393 e. The molecule has 3 atom stereocenters. The lowest BCUT2D eigenvalue weighted by atomic mass is 10.0. The molecule has 16 heavy (non-hydrogen) atoms. The van der Waals surface area contributed by atoms with Crippen molar-refractivity contribution in [3.63, 3.8) is 0 Å². The van der Waals surface area contributed by atoms with Crippen LogP contribution < -0.4 is 5.32 Å². The summed E-state index contributed by atoms with van der Waals surface area (Å²) in [6.45, 7) is 8.14. The molecular weight excluding hydrogens is 202 g/mol. The van der Waals surface area contributed by atoms with Gasteiger partial charge in [-0.15, -0.1) is 0 Å². The summed E-state index contributed by atoms with van der Waals surface area (Å²) in [6, 6.07) is 0.488. The lowest BCUT2D eigenvalue weighted by Crippen LogP contribution is -2.33. The third-order valence-corrected chi connectivity index (χ3v) is 3.34. The average molecular weight is 229 g/mol. The molecule has 0 amide bonds. The van der Waals surface area contributed by atoms with E-state index < -0.39 is 0 Å². The first kappa shape index (κ1) is 13.9. The molecule has 0 radical (unpaired) electrons. The molecule has 0 aromatic heterocycles. The molecule has 3 nitrogen and oxygen atoms in total. The van der Waals surface area contributed by atoms with E-state index in [1.165, 1.54) is 12.8 Å². The summed E-state index contributed by atoms with van der Waals surface area (Å²) in [4.78, 5) is 0. The molecule has 0 spiro atoms. The standard InChI is InChI=1S/C13H27NO2/c1-10(2)13(15)6-7-14-11(3)9-12-5-4-8-16-12/h10-15H,4-9H2,1-3H3. The van der Waals surface area contributed by atoms with Crippen LogP contribution in [0.15, 0.2) is 0 Å². The van der Waals surface area contributed by atoms with Crippen molar-refractivity contribution < 1.29 is 9.84 Å². The molecule has 0 saturated carbocycles. The third kappa shape index (κ3) is 5.28. The molecule has 3 heteroatoms. The van der Waals surface area contributed by atoms with E-state index in [4.69, 9.17) is 4.74 Å². The molecule has 1 fully saturated rings. The fourth-order valence-corrected chi connectivity index (χ4v) is 2.12. The van der Waals surface area contributed by atoms with Crippen molar-refractivity contribution in [3.05, 3.63) is 0 Å². The Morgan fingerprint density at radius 2 is 2.12 bits per heavy atom. The van der Waals surface area contributed by atoms with Crippen molar-refractivity contribution in [2.45, 2.75) is 64.7 Å². The molecule has 1 rings (SSSR count). The Bertz CT molecular complexity index is 179. The maximum absolute atomic E-state index is 9.66. The summed E-state index contributed by atoms with van der Waals surface area (Å²) in [7, 11) is 0. The quantitative estimate of drug-likeness (QED) is 0.701. The van der Waals surface area contributed by atoms with Crippen LogP contribution in [0.3, 0.4) is 0 Å².